The summed E-state index contributed by atoms with van der Waals surface area (Å²) in [5.74, 6) is -1.38. The van der Waals surface area contributed by atoms with Crippen LogP contribution in [0.3, 0.4) is 0 Å². The fourth-order valence-electron chi connectivity index (χ4n) is 2.44. The van der Waals surface area contributed by atoms with Crippen LogP contribution < -0.4 is 5.32 Å². The molecule has 1 aliphatic rings. The number of ether oxygens (including phenoxy) is 1. The number of anilines is 1. The highest BCUT2D eigenvalue weighted by atomic mass is 35.5. The molecule has 0 spiro atoms. The molecule has 0 unspecified atom stereocenters. The molecule has 5 nitrogen and oxygen atoms in total. The highest BCUT2D eigenvalue weighted by Crippen LogP contribution is 2.36. The molecule has 1 aromatic rings. The van der Waals surface area contributed by atoms with E-state index in [0.29, 0.717) is 19.1 Å². The number of carbonyl (C=O) groups is 1. The Balaban J connectivity index is 2.16. The molecule has 2 atom stereocenters. The Bertz CT molecular complexity index is 746. The Labute approximate surface area is 148 Å². The molecule has 1 heterocycles. The number of halogens is 4. The summed E-state index contributed by atoms with van der Waals surface area (Å²) >= 11 is 5.57. The van der Waals surface area contributed by atoms with E-state index in [1.807, 2.05) is 5.32 Å². The van der Waals surface area contributed by atoms with Crippen LogP contribution in [0.2, 0.25) is 5.02 Å². The summed E-state index contributed by atoms with van der Waals surface area (Å²) in [5, 5.41) is 0.383. The van der Waals surface area contributed by atoms with Gasteiger partial charge in [-0.3, -0.25) is 4.79 Å². The zero-order valence-electron chi connectivity index (χ0n) is 13.3. The SMILES string of the molecule is C[C@H](C(=O)Nc1ccc(Cl)cc1C(F)(F)F)S(=O)(=O)C[C@@H]1CCCO1. The second-order valence-corrected chi connectivity index (χ2v) is 8.59. The summed E-state index contributed by atoms with van der Waals surface area (Å²) in [7, 11) is -3.86. The van der Waals surface area contributed by atoms with E-state index in [9.17, 15) is 26.4 Å². The van der Waals surface area contributed by atoms with Crippen molar-refractivity contribution in [2.75, 3.05) is 17.7 Å². The van der Waals surface area contributed by atoms with Crippen molar-refractivity contribution in [1.29, 1.82) is 0 Å². The zero-order chi connectivity index (χ0) is 18.8. The lowest BCUT2D eigenvalue weighted by molar-refractivity contribution is -0.137. The number of nitrogens with one attached hydrogen (secondary N) is 1. The molecule has 10 heteroatoms. The number of rotatable bonds is 5. The first-order chi connectivity index (χ1) is 11.5. The molecule has 1 N–H and O–H groups in total. The van der Waals surface area contributed by atoms with Gasteiger partial charge in [-0.1, -0.05) is 11.6 Å². The van der Waals surface area contributed by atoms with Crippen molar-refractivity contribution >= 4 is 33.0 Å². The summed E-state index contributed by atoms with van der Waals surface area (Å²) in [6, 6.07) is 2.84. The van der Waals surface area contributed by atoms with E-state index in [1.54, 1.807) is 0 Å². The van der Waals surface area contributed by atoms with E-state index < -0.39 is 44.5 Å². The van der Waals surface area contributed by atoms with Crippen LogP contribution in [0.4, 0.5) is 18.9 Å². The highest BCUT2D eigenvalue weighted by Gasteiger charge is 2.36. The van der Waals surface area contributed by atoms with Gasteiger partial charge in [-0.15, -0.1) is 0 Å². The maximum absolute atomic E-state index is 13.0. The first-order valence-electron chi connectivity index (χ1n) is 7.51. The Hall–Kier alpha value is -1.32. The molecule has 1 aliphatic heterocycles. The molecule has 0 bridgehead atoms. The van der Waals surface area contributed by atoms with Crippen LogP contribution in [0.15, 0.2) is 18.2 Å². The van der Waals surface area contributed by atoms with Crippen molar-refractivity contribution in [3.8, 4) is 0 Å². The maximum atomic E-state index is 13.0. The lowest BCUT2D eigenvalue weighted by Crippen LogP contribution is -2.37. The number of benzene rings is 1. The number of hydrogen-bond donors (Lipinski definition) is 1. The van der Waals surface area contributed by atoms with Gasteiger partial charge in [-0.05, 0) is 38.0 Å². The molecule has 0 aliphatic carbocycles. The molecule has 1 saturated heterocycles. The van der Waals surface area contributed by atoms with Gasteiger partial charge in [0.1, 0.15) is 5.25 Å². The van der Waals surface area contributed by atoms with E-state index >= 15 is 0 Å². The summed E-state index contributed by atoms with van der Waals surface area (Å²) in [6.07, 6.45) is -3.92. The van der Waals surface area contributed by atoms with E-state index in [2.05, 4.69) is 0 Å². The summed E-state index contributed by atoms with van der Waals surface area (Å²) in [4.78, 5) is 12.2. The van der Waals surface area contributed by atoms with Gasteiger partial charge in [0.15, 0.2) is 9.84 Å². The van der Waals surface area contributed by atoms with Gasteiger partial charge in [0, 0.05) is 11.6 Å². The molecular weight excluding hydrogens is 383 g/mol. The number of alkyl halides is 3. The molecule has 0 radical (unpaired) electrons. The molecule has 0 aromatic heterocycles. The average Bonchev–Trinajstić information content (AvgIpc) is 2.99. The summed E-state index contributed by atoms with van der Waals surface area (Å²) in [6.45, 7) is 1.60. The monoisotopic (exact) mass is 399 g/mol. The van der Waals surface area contributed by atoms with Gasteiger partial charge in [-0.2, -0.15) is 13.2 Å². The normalized spacial score (nSPS) is 19.6. The third-order valence-corrected chi connectivity index (χ3v) is 6.26. The van der Waals surface area contributed by atoms with Crippen molar-refractivity contribution in [3.05, 3.63) is 28.8 Å². The number of carbonyl (C=O) groups excluding carboxylic acids is 1. The van der Waals surface area contributed by atoms with E-state index in [0.717, 1.165) is 19.4 Å². The van der Waals surface area contributed by atoms with Crippen molar-refractivity contribution in [2.45, 2.75) is 37.3 Å². The third kappa shape index (κ3) is 5.08. The number of amides is 1. The molecule has 1 aromatic carbocycles. The molecule has 140 valence electrons. The standard InChI is InChI=1S/C15H17ClF3NO4S/c1-9(25(22,23)8-11-3-2-6-24-11)14(21)20-13-5-4-10(16)7-12(13)15(17,18)19/h4-5,7,9,11H,2-3,6,8H2,1H3,(H,20,21)/t9-,11+/m1/s1. The van der Waals surface area contributed by atoms with E-state index in [-0.39, 0.29) is 10.8 Å². The van der Waals surface area contributed by atoms with Crippen molar-refractivity contribution in [3.63, 3.8) is 0 Å². The molecule has 0 saturated carbocycles. The van der Waals surface area contributed by atoms with E-state index in [4.69, 9.17) is 16.3 Å². The minimum absolute atomic E-state index is 0.149. The largest absolute Gasteiger partial charge is 0.418 e. The average molecular weight is 400 g/mol. The Morgan fingerprint density at radius 1 is 1.44 bits per heavy atom. The first-order valence-corrected chi connectivity index (χ1v) is 9.61. The van der Waals surface area contributed by atoms with Crippen LogP contribution in [0.1, 0.15) is 25.3 Å². The minimum atomic E-state index is -4.74. The fraction of sp³-hybridized carbons (Fsp3) is 0.533. The van der Waals surface area contributed by atoms with Crippen molar-refractivity contribution < 1.29 is 31.1 Å². The molecular formula is C15H17ClF3NO4S. The predicted molar refractivity (Wildman–Crippen MR) is 87.3 cm³/mol. The Kier molecular flexibility index (Phi) is 6.01. The van der Waals surface area contributed by atoms with Gasteiger partial charge in [0.25, 0.3) is 0 Å². The maximum Gasteiger partial charge on any atom is 0.418 e. The van der Waals surface area contributed by atoms with Crippen LogP contribution in [0, 0.1) is 0 Å². The lowest BCUT2D eigenvalue weighted by atomic mass is 10.1. The van der Waals surface area contributed by atoms with Crippen molar-refractivity contribution in [2.24, 2.45) is 0 Å². The topological polar surface area (TPSA) is 72.5 Å². The molecule has 25 heavy (non-hydrogen) atoms. The smallest absolute Gasteiger partial charge is 0.377 e. The Morgan fingerprint density at radius 3 is 2.68 bits per heavy atom. The van der Waals surface area contributed by atoms with Crippen LogP contribution in [-0.4, -0.2) is 38.0 Å². The van der Waals surface area contributed by atoms with Gasteiger partial charge < -0.3 is 10.1 Å². The number of hydrogen-bond acceptors (Lipinski definition) is 4. The second-order valence-electron chi connectivity index (χ2n) is 5.78. The van der Waals surface area contributed by atoms with Crippen LogP contribution in [0.25, 0.3) is 0 Å². The van der Waals surface area contributed by atoms with Gasteiger partial charge in [0.05, 0.1) is 23.1 Å². The van der Waals surface area contributed by atoms with E-state index in [1.165, 1.54) is 6.07 Å². The fourth-order valence-corrected chi connectivity index (χ4v) is 4.06. The summed E-state index contributed by atoms with van der Waals surface area (Å²) < 4.78 is 68.9. The molecule has 2 rings (SSSR count). The quantitative estimate of drug-likeness (QED) is 0.824. The van der Waals surface area contributed by atoms with Crippen LogP contribution >= 0.6 is 11.6 Å². The van der Waals surface area contributed by atoms with Crippen LogP contribution in [-0.2, 0) is 25.5 Å². The Morgan fingerprint density at radius 2 is 2.12 bits per heavy atom. The summed E-state index contributed by atoms with van der Waals surface area (Å²) in [5.41, 5.74) is -1.68. The second kappa shape index (κ2) is 7.51. The van der Waals surface area contributed by atoms with Gasteiger partial charge >= 0.3 is 6.18 Å². The van der Waals surface area contributed by atoms with Gasteiger partial charge in [0.2, 0.25) is 5.91 Å². The predicted octanol–water partition coefficient (Wildman–Crippen LogP) is 3.28. The minimum Gasteiger partial charge on any atom is -0.377 e. The van der Waals surface area contributed by atoms with Crippen molar-refractivity contribution in [1.82, 2.24) is 0 Å². The lowest BCUT2D eigenvalue weighted by Gasteiger charge is -2.18. The zero-order valence-corrected chi connectivity index (χ0v) is 14.8. The van der Waals surface area contributed by atoms with Gasteiger partial charge in [-0.25, -0.2) is 8.42 Å². The third-order valence-electron chi connectivity index (χ3n) is 3.89. The first kappa shape index (κ1) is 20.0. The highest BCUT2D eigenvalue weighted by molar-refractivity contribution is 7.92. The molecule has 1 amide bonds. The number of sulfone groups is 1. The molecule has 1 fully saturated rings. The van der Waals surface area contributed by atoms with Crippen LogP contribution in [0.5, 0.6) is 0 Å².